The van der Waals surface area contributed by atoms with E-state index in [1.165, 1.54) is 6.07 Å². The number of hydrogen-bond donors (Lipinski definition) is 0. The van der Waals surface area contributed by atoms with Crippen LogP contribution in [0.5, 0.6) is 0 Å². The number of nitro benzene ring substituents is 1. The van der Waals surface area contributed by atoms with Gasteiger partial charge in [-0.2, -0.15) is 0 Å². The van der Waals surface area contributed by atoms with E-state index in [2.05, 4.69) is 0 Å². The Balaban J connectivity index is 2.05. The number of carbonyl (C=O) groups is 1. The van der Waals surface area contributed by atoms with Gasteiger partial charge in [0.05, 0.1) is 16.1 Å². The molecule has 0 aliphatic heterocycles. The first-order valence-electron chi connectivity index (χ1n) is 6.15. The van der Waals surface area contributed by atoms with E-state index in [9.17, 15) is 14.9 Å². The number of benzene rings is 2. The first-order valence-corrected chi connectivity index (χ1v) is 7.38. The Morgan fingerprint density at radius 2 is 1.86 bits per heavy atom. The number of rotatable bonds is 5. The molecule has 0 saturated heterocycles. The van der Waals surface area contributed by atoms with Gasteiger partial charge in [0.1, 0.15) is 6.61 Å². The zero-order valence-corrected chi connectivity index (χ0v) is 12.1. The monoisotopic (exact) mass is 303 g/mol. The Kier molecular flexibility index (Phi) is 4.94. The maximum Gasteiger partial charge on any atom is 0.338 e. The summed E-state index contributed by atoms with van der Waals surface area (Å²) in [5, 5.41) is 10.9. The van der Waals surface area contributed by atoms with Gasteiger partial charge in [0.2, 0.25) is 0 Å². The Morgan fingerprint density at radius 3 is 2.48 bits per heavy atom. The van der Waals surface area contributed by atoms with Crippen LogP contribution < -0.4 is 0 Å². The van der Waals surface area contributed by atoms with Gasteiger partial charge >= 0.3 is 5.97 Å². The predicted octanol–water partition coefficient (Wildman–Crippen LogP) is 3.67. The van der Waals surface area contributed by atoms with Crippen molar-refractivity contribution in [3.05, 3.63) is 69.8 Å². The van der Waals surface area contributed by atoms with Crippen LogP contribution in [-0.4, -0.2) is 17.1 Å². The molecule has 6 heteroatoms. The van der Waals surface area contributed by atoms with Crippen LogP contribution in [0.2, 0.25) is 0 Å². The standard InChI is InChI=1S/C15H13NO4S/c1-21-13-8-6-11(7-9-13)15(17)20-10-12-4-2-3-5-14(12)16(18)19/h2-9H,10H2,1H3. The number of nitrogens with zero attached hydrogens (tertiary/aromatic N) is 1. The first kappa shape index (κ1) is 15.1. The lowest BCUT2D eigenvalue weighted by Gasteiger charge is -2.06. The molecule has 0 amide bonds. The minimum Gasteiger partial charge on any atom is -0.457 e. The molecule has 0 aliphatic carbocycles. The minimum absolute atomic E-state index is 0.0527. The highest BCUT2D eigenvalue weighted by molar-refractivity contribution is 7.98. The lowest BCUT2D eigenvalue weighted by molar-refractivity contribution is -0.385. The number of nitro groups is 1. The van der Waals surface area contributed by atoms with Crippen LogP contribution in [0.4, 0.5) is 5.69 Å². The molecule has 108 valence electrons. The van der Waals surface area contributed by atoms with Crippen LogP contribution in [-0.2, 0) is 11.3 Å². The second kappa shape index (κ2) is 6.90. The van der Waals surface area contributed by atoms with Gasteiger partial charge in [0.15, 0.2) is 0 Å². The quantitative estimate of drug-likeness (QED) is 0.365. The van der Waals surface area contributed by atoms with Crippen LogP contribution >= 0.6 is 11.8 Å². The van der Waals surface area contributed by atoms with Crippen LogP contribution in [0.1, 0.15) is 15.9 Å². The molecule has 0 unspecified atom stereocenters. The van der Waals surface area contributed by atoms with Crippen molar-refractivity contribution in [3.63, 3.8) is 0 Å². The summed E-state index contributed by atoms with van der Waals surface area (Å²) in [6.07, 6.45) is 1.95. The Bertz CT molecular complexity index is 655. The molecule has 0 heterocycles. The smallest absolute Gasteiger partial charge is 0.338 e. The largest absolute Gasteiger partial charge is 0.457 e. The van der Waals surface area contributed by atoms with Crippen molar-refractivity contribution in [2.75, 3.05) is 6.26 Å². The number of carbonyl (C=O) groups excluding carboxylic acids is 1. The maximum atomic E-state index is 11.9. The minimum atomic E-state index is -0.499. The zero-order chi connectivity index (χ0) is 15.2. The van der Waals surface area contributed by atoms with Crippen molar-refractivity contribution < 1.29 is 14.5 Å². The Morgan fingerprint density at radius 1 is 1.19 bits per heavy atom. The van der Waals surface area contributed by atoms with E-state index < -0.39 is 10.9 Å². The fourth-order valence-electron chi connectivity index (χ4n) is 1.76. The van der Waals surface area contributed by atoms with Crippen molar-refractivity contribution in [1.29, 1.82) is 0 Å². The molecule has 0 saturated carbocycles. The second-order valence-corrected chi connectivity index (χ2v) is 5.07. The summed E-state index contributed by atoms with van der Waals surface area (Å²) in [6, 6.07) is 13.2. The van der Waals surface area contributed by atoms with Gasteiger partial charge in [0, 0.05) is 11.0 Å². The third kappa shape index (κ3) is 3.82. The van der Waals surface area contributed by atoms with Crippen molar-refractivity contribution in [2.45, 2.75) is 11.5 Å². The second-order valence-electron chi connectivity index (χ2n) is 4.19. The lowest BCUT2D eigenvalue weighted by Crippen LogP contribution is -2.06. The summed E-state index contributed by atoms with van der Waals surface area (Å²) in [4.78, 5) is 23.3. The Labute approximate surface area is 126 Å². The molecule has 21 heavy (non-hydrogen) atoms. The molecule has 0 atom stereocenters. The molecule has 0 aliphatic rings. The molecule has 2 aromatic carbocycles. The van der Waals surface area contributed by atoms with Crippen LogP contribution in [0.15, 0.2) is 53.4 Å². The topological polar surface area (TPSA) is 69.4 Å². The van der Waals surface area contributed by atoms with Gasteiger partial charge in [-0.1, -0.05) is 12.1 Å². The highest BCUT2D eigenvalue weighted by Gasteiger charge is 2.14. The van der Waals surface area contributed by atoms with Crippen LogP contribution in [0.25, 0.3) is 0 Å². The van der Waals surface area contributed by atoms with E-state index in [4.69, 9.17) is 4.74 Å². The number of esters is 1. The Hall–Kier alpha value is -2.34. The average Bonchev–Trinajstić information content (AvgIpc) is 2.52. The third-order valence-electron chi connectivity index (χ3n) is 2.87. The molecule has 0 aromatic heterocycles. The molecule has 0 spiro atoms. The van der Waals surface area contributed by atoms with E-state index >= 15 is 0 Å². The molecule has 0 N–H and O–H groups in total. The summed E-state index contributed by atoms with van der Waals surface area (Å²) in [5.74, 6) is -0.499. The highest BCUT2D eigenvalue weighted by Crippen LogP contribution is 2.20. The number of para-hydroxylation sites is 1. The van der Waals surface area contributed by atoms with Gasteiger partial charge in [-0.25, -0.2) is 4.79 Å². The predicted molar refractivity (Wildman–Crippen MR) is 80.4 cm³/mol. The normalized spacial score (nSPS) is 10.1. The molecule has 0 fully saturated rings. The summed E-state index contributed by atoms with van der Waals surface area (Å²) in [5.41, 5.74) is 0.742. The summed E-state index contributed by atoms with van der Waals surface area (Å²) >= 11 is 1.58. The molecule has 5 nitrogen and oxygen atoms in total. The number of hydrogen-bond acceptors (Lipinski definition) is 5. The highest BCUT2D eigenvalue weighted by atomic mass is 32.2. The summed E-state index contributed by atoms with van der Waals surface area (Å²) < 4.78 is 5.13. The molecule has 0 radical (unpaired) electrons. The summed E-state index contributed by atoms with van der Waals surface area (Å²) in [7, 11) is 0. The molecular formula is C15H13NO4S. The van der Waals surface area contributed by atoms with E-state index in [1.807, 2.05) is 18.4 Å². The van der Waals surface area contributed by atoms with Gasteiger partial charge in [-0.3, -0.25) is 10.1 Å². The van der Waals surface area contributed by atoms with Crippen molar-refractivity contribution >= 4 is 23.4 Å². The first-order chi connectivity index (χ1) is 10.1. The fraction of sp³-hybridized carbons (Fsp3) is 0.133. The number of thioether (sulfide) groups is 1. The summed E-state index contributed by atoms with van der Waals surface area (Å²) in [6.45, 7) is -0.125. The maximum absolute atomic E-state index is 11.9. The fourth-order valence-corrected chi connectivity index (χ4v) is 2.17. The SMILES string of the molecule is CSc1ccc(C(=O)OCc2ccccc2[N+](=O)[O-])cc1. The van der Waals surface area contributed by atoms with Crippen LogP contribution in [0.3, 0.4) is 0 Å². The van der Waals surface area contributed by atoms with E-state index in [0.717, 1.165) is 4.90 Å². The van der Waals surface area contributed by atoms with Crippen molar-refractivity contribution in [2.24, 2.45) is 0 Å². The van der Waals surface area contributed by atoms with Gasteiger partial charge < -0.3 is 4.74 Å². The average molecular weight is 303 g/mol. The molecular weight excluding hydrogens is 290 g/mol. The zero-order valence-electron chi connectivity index (χ0n) is 11.3. The van der Waals surface area contributed by atoms with E-state index in [1.54, 1.807) is 42.1 Å². The van der Waals surface area contributed by atoms with Crippen molar-refractivity contribution in [3.8, 4) is 0 Å². The van der Waals surface area contributed by atoms with Gasteiger partial charge in [0.25, 0.3) is 5.69 Å². The number of ether oxygens (including phenoxy) is 1. The molecule has 0 bridgehead atoms. The van der Waals surface area contributed by atoms with E-state index in [-0.39, 0.29) is 12.3 Å². The third-order valence-corrected chi connectivity index (χ3v) is 3.62. The van der Waals surface area contributed by atoms with E-state index in [0.29, 0.717) is 11.1 Å². The van der Waals surface area contributed by atoms with Gasteiger partial charge in [-0.15, -0.1) is 11.8 Å². The van der Waals surface area contributed by atoms with Crippen molar-refractivity contribution in [1.82, 2.24) is 0 Å². The molecule has 2 rings (SSSR count). The lowest BCUT2D eigenvalue weighted by atomic mass is 10.2. The molecule has 2 aromatic rings. The van der Waals surface area contributed by atoms with Gasteiger partial charge in [-0.05, 0) is 36.6 Å². The van der Waals surface area contributed by atoms with Crippen LogP contribution in [0, 0.1) is 10.1 Å².